The molecule has 2 N–H and O–H groups in total. The standard InChI is InChI=1S/C43H40N2O5/c46-37(45-24-13-23-36(45)42(47)48)26-44-43(49)50-25-12-2-1-3-22-35-38-31-18-8-4-14-27(31)29-16-6-10-20-33(29)40(38)41-34-21-11-7-17-30(34)28-15-5-9-19-32(28)39(35)41/h4-11,14-21,35-36H,1-3,12-13,22-26H2,(H,44,49)(H,47,48)/t36-/m0/s1. The summed E-state index contributed by atoms with van der Waals surface area (Å²) in [6, 6.07) is 34.7. The number of carbonyl (C=O) groups excluding carboxylic acids is 2. The number of aliphatic carboxylic acids is 1. The number of hydrogen-bond donors (Lipinski definition) is 2. The molecule has 0 spiro atoms. The van der Waals surface area contributed by atoms with Crippen molar-refractivity contribution < 1.29 is 24.2 Å². The number of fused-ring (bicyclic) bond motifs is 13. The summed E-state index contributed by atoms with van der Waals surface area (Å²) < 4.78 is 5.34. The number of unbranched alkanes of at least 4 members (excludes halogenated alkanes) is 3. The van der Waals surface area contributed by atoms with Crippen molar-refractivity contribution in [1.82, 2.24) is 10.2 Å². The quantitative estimate of drug-likeness (QED) is 0.112. The van der Waals surface area contributed by atoms with Gasteiger partial charge in [0.05, 0.1) is 6.61 Å². The van der Waals surface area contributed by atoms with Crippen LogP contribution < -0.4 is 5.32 Å². The molecule has 0 unspecified atom stereocenters. The Morgan fingerprint density at radius 2 is 1.14 bits per heavy atom. The number of carboxylic acids is 1. The van der Waals surface area contributed by atoms with Gasteiger partial charge in [0, 0.05) is 12.5 Å². The van der Waals surface area contributed by atoms with Crippen LogP contribution in [0.4, 0.5) is 4.79 Å². The van der Waals surface area contributed by atoms with Crippen molar-refractivity contribution in [3.8, 4) is 11.1 Å². The number of alkyl carbamates (subject to hydrolysis) is 1. The normalized spacial score (nSPS) is 15.5. The molecule has 0 aromatic heterocycles. The third-order valence-electron chi connectivity index (χ3n) is 10.8. The van der Waals surface area contributed by atoms with E-state index >= 15 is 0 Å². The summed E-state index contributed by atoms with van der Waals surface area (Å²) in [4.78, 5) is 37.4. The van der Waals surface area contributed by atoms with Gasteiger partial charge >= 0.3 is 12.1 Å². The second kappa shape index (κ2) is 13.5. The van der Waals surface area contributed by atoms with Crippen LogP contribution in [0.15, 0.2) is 97.1 Å². The Labute approximate surface area is 290 Å². The minimum atomic E-state index is -1.01. The number of likely N-dealkylation sites (tertiary alicyclic amines) is 1. The number of amides is 2. The van der Waals surface area contributed by atoms with Gasteiger partial charge in [-0.25, -0.2) is 9.59 Å². The van der Waals surface area contributed by atoms with Crippen LogP contribution in [0, 0.1) is 0 Å². The molecule has 7 nitrogen and oxygen atoms in total. The first-order valence-corrected chi connectivity index (χ1v) is 17.8. The number of nitrogens with one attached hydrogen (secondary N) is 1. The van der Waals surface area contributed by atoms with Crippen molar-refractivity contribution in [1.29, 1.82) is 0 Å². The Bertz CT molecular complexity index is 2170. The lowest BCUT2D eigenvalue weighted by atomic mass is 9.84. The fourth-order valence-electron chi connectivity index (χ4n) is 8.62. The summed E-state index contributed by atoms with van der Waals surface area (Å²) in [6.07, 6.45) is 5.14. The molecule has 252 valence electrons. The van der Waals surface area contributed by atoms with Crippen LogP contribution in [0.25, 0.3) is 54.2 Å². The fraction of sp³-hybridized carbons (Fsp3) is 0.279. The Kier molecular flexibility index (Phi) is 8.57. The number of ether oxygens (including phenoxy) is 1. The Hall–Kier alpha value is -5.43. The van der Waals surface area contributed by atoms with Crippen LogP contribution in [-0.4, -0.2) is 53.7 Å². The summed E-state index contributed by atoms with van der Waals surface area (Å²) in [7, 11) is 0. The van der Waals surface area contributed by atoms with E-state index in [0.717, 1.165) is 32.1 Å². The van der Waals surface area contributed by atoms with Gasteiger partial charge in [0.2, 0.25) is 5.91 Å². The number of benzene rings is 6. The van der Waals surface area contributed by atoms with Crippen LogP contribution in [0.1, 0.15) is 62.0 Å². The Morgan fingerprint density at radius 3 is 1.68 bits per heavy atom. The average Bonchev–Trinajstić information content (AvgIpc) is 3.78. The van der Waals surface area contributed by atoms with E-state index in [1.165, 1.54) is 70.2 Å². The lowest BCUT2D eigenvalue weighted by molar-refractivity contribution is -0.147. The highest BCUT2D eigenvalue weighted by Crippen LogP contribution is 2.57. The minimum absolute atomic E-state index is 0.250. The van der Waals surface area contributed by atoms with Crippen LogP contribution in [-0.2, 0) is 14.3 Å². The average molecular weight is 665 g/mol. The molecule has 1 aliphatic carbocycles. The van der Waals surface area contributed by atoms with E-state index in [-0.39, 0.29) is 19.1 Å². The molecular weight excluding hydrogens is 624 g/mol. The topological polar surface area (TPSA) is 95.9 Å². The van der Waals surface area contributed by atoms with Gasteiger partial charge in [0.1, 0.15) is 12.6 Å². The van der Waals surface area contributed by atoms with E-state index in [0.29, 0.717) is 19.4 Å². The molecule has 1 saturated heterocycles. The summed E-state index contributed by atoms with van der Waals surface area (Å²) in [5, 5.41) is 22.3. The van der Waals surface area contributed by atoms with Gasteiger partial charge in [-0.05, 0) is 91.0 Å². The summed E-state index contributed by atoms with van der Waals surface area (Å²) in [6.45, 7) is 0.398. The maximum atomic E-state index is 12.4. The number of carboxylic acid groups (broad SMARTS) is 1. The molecule has 1 fully saturated rings. The minimum Gasteiger partial charge on any atom is -0.480 e. The fourth-order valence-corrected chi connectivity index (χ4v) is 8.62. The van der Waals surface area contributed by atoms with E-state index in [1.54, 1.807) is 0 Å². The molecule has 0 saturated carbocycles. The van der Waals surface area contributed by atoms with E-state index in [2.05, 4.69) is 102 Å². The van der Waals surface area contributed by atoms with Gasteiger partial charge in [-0.3, -0.25) is 4.79 Å². The molecular formula is C43H40N2O5. The van der Waals surface area contributed by atoms with Gasteiger partial charge in [-0.2, -0.15) is 0 Å². The van der Waals surface area contributed by atoms with E-state index in [4.69, 9.17) is 4.74 Å². The van der Waals surface area contributed by atoms with Gasteiger partial charge in [-0.15, -0.1) is 0 Å². The van der Waals surface area contributed by atoms with Crippen LogP contribution in [0.3, 0.4) is 0 Å². The molecule has 1 atom stereocenters. The monoisotopic (exact) mass is 664 g/mol. The zero-order chi connectivity index (χ0) is 34.2. The van der Waals surface area contributed by atoms with Crippen molar-refractivity contribution in [3.63, 3.8) is 0 Å². The van der Waals surface area contributed by atoms with Gasteiger partial charge in [0.25, 0.3) is 0 Å². The first kappa shape index (κ1) is 31.8. The highest BCUT2D eigenvalue weighted by molar-refractivity contribution is 6.25. The van der Waals surface area contributed by atoms with E-state index in [1.807, 2.05) is 0 Å². The SMILES string of the molecule is O=C(NCC(=O)N1CCC[C@H]1C(=O)O)OCCCCCCC1c2c(c3ccccc3c3ccccc23)-c2c1c1ccccc1c1ccccc21. The number of carbonyl (C=O) groups is 3. The number of rotatable bonds is 10. The molecule has 0 bridgehead atoms. The maximum absolute atomic E-state index is 12.4. The molecule has 6 aromatic rings. The molecule has 0 radical (unpaired) electrons. The van der Waals surface area contributed by atoms with Crippen molar-refractivity contribution in [2.24, 2.45) is 0 Å². The van der Waals surface area contributed by atoms with Crippen molar-refractivity contribution in [3.05, 3.63) is 108 Å². The summed E-state index contributed by atoms with van der Waals surface area (Å²) in [5.41, 5.74) is 5.63. The molecule has 1 aliphatic heterocycles. The zero-order valence-electron chi connectivity index (χ0n) is 28.0. The van der Waals surface area contributed by atoms with Gasteiger partial charge in [0.15, 0.2) is 0 Å². The predicted octanol–water partition coefficient (Wildman–Crippen LogP) is 9.16. The van der Waals surface area contributed by atoms with E-state index in [9.17, 15) is 19.5 Å². The van der Waals surface area contributed by atoms with Crippen molar-refractivity contribution in [2.45, 2.75) is 56.9 Å². The highest BCUT2D eigenvalue weighted by atomic mass is 16.5. The molecule has 1 heterocycles. The second-order valence-corrected chi connectivity index (χ2v) is 13.6. The lowest BCUT2D eigenvalue weighted by Crippen LogP contribution is -2.45. The number of nitrogens with zero attached hydrogens (tertiary/aromatic N) is 1. The molecule has 8 rings (SSSR count). The van der Waals surface area contributed by atoms with Crippen LogP contribution >= 0.6 is 0 Å². The number of hydrogen-bond acceptors (Lipinski definition) is 4. The van der Waals surface area contributed by atoms with E-state index < -0.39 is 24.0 Å². The van der Waals surface area contributed by atoms with Crippen LogP contribution in [0.2, 0.25) is 0 Å². The molecule has 2 aliphatic rings. The zero-order valence-corrected chi connectivity index (χ0v) is 28.0. The van der Waals surface area contributed by atoms with Gasteiger partial charge < -0.3 is 20.1 Å². The summed E-state index contributed by atoms with van der Waals surface area (Å²) >= 11 is 0. The third-order valence-corrected chi connectivity index (χ3v) is 10.8. The van der Waals surface area contributed by atoms with Gasteiger partial charge in [-0.1, -0.05) is 116 Å². The maximum Gasteiger partial charge on any atom is 0.407 e. The smallest absolute Gasteiger partial charge is 0.407 e. The highest BCUT2D eigenvalue weighted by Gasteiger charge is 2.36. The van der Waals surface area contributed by atoms with Crippen molar-refractivity contribution >= 4 is 61.1 Å². The molecule has 7 heteroatoms. The second-order valence-electron chi connectivity index (χ2n) is 13.6. The Balaban J connectivity index is 0.997. The lowest BCUT2D eigenvalue weighted by Gasteiger charge is -2.21. The molecule has 50 heavy (non-hydrogen) atoms. The third kappa shape index (κ3) is 5.51. The first-order valence-electron chi connectivity index (χ1n) is 17.8. The molecule has 2 amide bonds. The first-order chi connectivity index (χ1) is 24.5. The summed E-state index contributed by atoms with van der Waals surface area (Å²) in [5.74, 6) is -1.16. The Morgan fingerprint density at radius 1 is 0.660 bits per heavy atom. The van der Waals surface area contributed by atoms with Crippen molar-refractivity contribution in [2.75, 3.05) is 19.7 Å². The van der Waals surface area contributed by atoms with Crippen LogP contribution in [0.5, 0.6) is 0 Å². The predicted molar refractivity (Wildman–Crippen MR) is 199 cm³/mol. The molecule has 6 aromatic carbocycles. The largest absolute Gasteiger partial charge is 0.480 e.